The van der Waals surface area contributed by atoms with Gasteiger partial charge in [-0.3, -0.25) is 9.10 Å². The molecule has 190 valence electrons. The lowest BCUT2D eigenvalue weighted by molar-refractivity contribution is -0.120. The number of rotatable bonds is 10. The van der Waals surface area contributed by atoms with E-state index in [-0.39, 0.29) is 23.7 Å². The van der Waals surface area contributed by atoms with E-state index in [0.29, 0.717) is 23.9 Å². The first-order chi connectivity index (χ1) is 17.4. The second kappa shape index (κ2) is 11.6. The van der Waals surface area contributed by atoms with Crippen LogP contribution < -0.4 is 23.8 Å². The minimum absolute atomic E-state index is 0.0834. The molecular formula is C26H28N2O6S2. The van der Waals surface area contributed by atoms with Gasteiger partial charge in [-0.2, -0.15) is 0 Å². The van der Waals surface area contributed by atoms with Gasteiger partial charge in [0, 0.05) is 4.90 Å². The van der Waals surface area contributed by atoms with Crippen molar-refractivity contribution >= 4 is 33.4 Å². The molecule has 1 heterocycles. The SMILES string of the molecule is CCOc1ccccc1N(CC(=O)NC[C@@H]1COc2ccccc2O1)S(=O)(=O)c1ccc(SC)cc1. The fraction of sp³-hybridized carbons (Fsp3) is 0.269. The van der Waals surface area contributed by atoms with Crippen LogP contribution in [0.3, 0.4) is 0 Å². The highest BCUT2D eigenvalue weighted by Crippen LogP contribution is 2.33. The standard InChI is InChI=1S/C26H28N2O6S2/c1-3-32-23-9-5-4-8-22(23)28(36(30,31)21-14-12-20(35-2)13-15-21)17-26(29)27-16-19-18-33-24-10-6-7-11-25(24)34-19/h4-15,19H,3,16-18H2,1-2H3,(H,27,29)/t19-/m1/s1. The van der Waals surface area contributed by atoms with Crippen LogP contribution in [-0.2, 0) is 14.8 Å². The maximum Gasteiger partial charge on any atom is 0.264 e. The van der Waals surface area contributed by atoms with Crippen molar-refractivity contribution in [2.24, 2.45) is 0 Å². The van der Waals surface area contributed by atoms with E-state index in [0.717, 1.165) is 9.20 Å². The third-order valence-electron chi connectivity index (χ3n) is 5.46. The first kappa shape index (κ1) is 25.7. The molecule has 1 aliphatic heterocycles. The van der Waals surface area contributed by atoms with Crippen LogP contribution in [0.1, 0.15) is 6.92 Å². The zero-order valence-electron chi connectivity index (χ0n) is 20.0. The summed E-state index contributed by atoms with van der Waals surface area (Å²) in [6.07, 6.45) is 1.52. The molecule has 1 aliphatic rings. The number of nitrogens with one attached hydrogen (secondary N) is 1. The minimum Gasteiger partial charge on any atom is -0.492 e. The molecule has 1 amide bonds. The summed E-state index contributed by atoms with van der Waals surface area (Å²) < 4.78 is 45.7. The molecule has 3 aromatic rings. The molecule has 0 fully saturated rings. The molecule has 0 saturated carbocycles. The Morgan fingerprint density at radius 1 is 1.06 bits per heavy atom. The molecule has 0 spiro atoms. The van der Waals surface area contributed by atoms with Crippen molar-refractivity contribution in [2.45, 2.75) is 22.8 Å². The van der Waals surface area contributed by atoms with Crippen molar-refractivity contribution in [1.82, 2.24) is 5.32 Å². The Bertz CT molecular complexity index is 1300. The predicted octanol–water partition coefficient (Wildman–Crippen LogP) is 3.96. The van der Waals surface area contributed by atoms with Gasteiger partial charge in [0.25, 0.3) is 10.0 Å². The lowest BCUT2D eigenvalue weighted by Gasteiger charge is -2.28. The molecule has 0 aliphatic carbocycles. The highest BCUT2D eigenvalue weighted by atomic mass is 32.2. The second-order valence-electron chi connectivity index (χ2n) is 7.89. The predicted molar refractivity (Wildman–Crippen MR) is 140 cm³/mol. The van der Waals surface area contributed by atoms with Crippen LogP contribution in [0.2, 0.25) is 0 Å². The molecule has 0 aromatic heterocycles. The summed E-state index contributed by atoms with van der Waals surface area (Å²) >= 11 is 1.51. The Labute approximate surface area is 215 Å². The Kier molecular flexibility index (Phi) is 8.27. The number of sulfonamides is 1. The maximum absolute atomic E-state index is 13.7. The van der Waals surface area contributed by atoms with Gasteiger partial charge in [0.2, 0.25) is 5.91 Å². The molecular weight excluding hydrogens is 500 g/mol. The van der Waals surface area contributed by atoms with Crippen molar-refractivity contribution in [1.29, 1.82) is 0 Å². The number of anilines is 1. The average Bonchev–Trinajstić information content (AvgIpc) is 2.91. The van der Waals surface area contributed by atoms with Crippen LogP contribution in [0.15, 0.2) is 82.6 Å². The van der Waals surface area contributed by atoms with Crippen LogP contribution in [-0.4, -0.2) is 53.0 Å². The summed E-state index contributed by atoms with van der Waals surface area (Å²) in [5.74, 6) is 1.15. The van der Waals surface area contributed by atoms with Crippen molar-refractivity contribution in [3.8, 4) is 17.2 Å². The van der Waals surface area contributed by atoms with Gasteiger partial charge in [-0.05, 0) is 61.7 Å². The highest BCUT2D eigenvalue weighted by Gasteiger charge is 2.30. The van der Waals surface area contributed by atoms with Gasteiger partial charge < -0.3 is 19.5 Å². The summed E-state index contributed by atoms with van der Waals surface area (Å²) in [7, 11) is -4.07. The van der Waals surface area contributed by atoms with Crippen LogP contribution in [0.4, 0.5) is 5.69 Å². The van der Waals surface area contributed by atoms with E-state index >= 15 is 0 Å². The van der Waals surface area contributed by atoms with E-state index in [9.17, 15) is 13.2 Å². The molecule has 1 N–H and O–H groups in total. The van der Waals surface area contributed by atoms with Crippen molar-refractivity contribution in [3.63, 3.8) is 0 Å². The van der Waals surface area contributed by atoms with E-state index in [1.807, 2.05) is 31.4 Å². The summed E-state index contributed by atoms with van der Waals surface area (Å²) in [4.78, 5) is 14.0. The molecule has 0 saturated heterocycles. The fourth-order valence-corrected chi connectivity index (χ4v) is 5.53. The number of hydrogen-bond acceptors (Lipinski definition) is 7. The molecule has 0 unspecified atom stereocenters. The zero-order chi connectivity index (χ0) is 25.5. The molecule has 3 aromatic carbocycles. The number of carbonyl (C=O) groups is 1. The summed E-state index contributed by atoms with van der Waals surface area (Å²) in [5.41, 5.74) is 0.287. The topological polar surface area (TPSA) is 94.2 Å². The normalized spacial score (nSPS) is 14.7. The lowest BCUT2D eigenvalue weighted by Crippen LogP contribution is -2.45. The van der Waals surface area contributed by atoms with Gasteiger partial charge in [-0.1, -0.05) is 24.3 Å². The molecule has 4 rings (SSSR count). The molecule has 1 atom stereocenters. The van der Waals surface area contributed by atoms with E-state index in [4.69, 9.17) is 14.2 Å². The number of fused-ring (bicyclic) bond motifs is 1. The molecule has 10 heteroatoms. The summed E-state index contributed by atoms with van der Waals surface area (Å²) in [5, 5.41) is 2.78. The van der Waals surface area contributed by atoms with Gasteiger partial charge in [0.05, 0.1) is 23.7 Å². The first-order valence-electron chi connectivity index (χ1n) is 11.5. The van der Waals surface area contributed by atoms with E-state index in [1.165, 1.54) is 11.8 Å². The van der Waals surface area contributed by atoms with Crippen molar-refractivity contribution in [3.05, 3.63) is 72.8 Å². The number of thioether (sulfide) groups is 1. The van der Waals surface area contributed by atoms with Crippen LogP contribution in [0, 0.1) is 0 Å². The van der Waals surface area contributed by atoms with Gasteiger partial charge in [0.1, 0.15) is 25.0 Å². The average molecular weight is 529 g/mol. The molecule has 0 radical (unpaired) electrons. The first-order valence-corrected chi connectivity index (χ1v) is 14.1. The number of amides is 1. The number of nitrogens with zero attached hydrogens (tertiary/aromatic N) is 1. The van der Waals surface area contributed by atoms with Crippen LogP contribution >= 0.6 is 11.8 Å². The van der Waals surface area contributed by atoms with E-state index < -0.39 is 28.6 Å². The third kappa shape index (κ3) is 5.88. The second-order valence-corrected chi connectivity index (χ2v) is 10.6. The number of benzene rings is 3. The minimum atomic E-state index is -4.07. The number of ether oxygens (including phenoxy) is 3. The van der Waals surface area contributed by atoms with Crippen LogP contribution in [0.25, 0.3) is 0 Å². The van der Waals surface area contributed by atoms with Gasteiger partial charge in [-0.25, -0.2) is 8.42 Å². The van der Waals surface area contributed by atoms with Gasteiger partial charge in [0.15, 0.2) is 11.5 Å². The van der Waals surface area contributed by atoms with Gasteiger partial charge >= 0.3 is 0 Å². The zero-order valence-corrected chi connectivity index (χ0v) is 21.7. The monoisotopic (exact) mass is 528 g/mol. The maximum atomic E-state index is 13.7. The quantitative estimate of drug-likeness (QED) is 0.398. The third-order valence-corrected chi connectivity index (χ3v) is 7.98. The Hall–Kier alpha value is -3.37. The van der Waals surface area contributed by atoms with E-state index in [2.05, 4.69) is 5.32 Å². The Morgan fingerprint density at radius 2 is 1.75 bits per heavy atom. The van der Waals surface area contributed by atoms with Crippen LogP contribution in [0.5, 0.6) is 17.2 Å². The Morgan fingerprint density at radius 3 is 2.47 bits per heavy atom. The van der Waals surface area contributed by atoms with Crippen molar-refractivity contribution in [2.75, 3.05) is 36.9 Å². The fourth-order valence-electron chi connectivity index (χ4n) is 3.69. The highest BCUT2D eigenvalue weighted by molar-refractivity contribution is 7.98. The smallest absolute Gasteiger partial charge is 0.264 e. The van der Waals surface area contributed by atoms with Crippen molar-refractivity contribution < 1.29 is 27.4 Å². The van der Waals surface area contributed by atoms with Gasteiger partial charge in [-0.15, -0.1) is 11.8 Å². The lowest BCUT2D eigenvalue weighted by atomic mass is 10.2. The molecule has 0 bridgehead atoms. The largest absolute Gasteiger partial charge is 0.492 e. The Balaban J connectivity index is 1.54. The summed E-state index contributed by atoms with van der Waals surface area (Å²) in [6.45, 7) is 2.17. The molecule has 36 heavy (non-hydrogen) atoms. The number of carbonyl (C=O) groups excluding carboxylic acids is 1. The van der Waals surface area contributed by atoms with E-state index in [1.54, 1.807) is 54.6 Å². The molecule has 8 nitrogen and oxygen atoms in total. The number of hydrogen-bond donors (Lipinski definition) is 1. The summed E-state index contributed by atoms with van der Waals surface area (Å²) in [6, 6.07) is 20.6. The number of para-hydroxylation sites is 4.